The molecule has 0 bridgehead atoms. The maximum absolute atomic E-state index is 13.9. The third kappa shape index (κ3) is 6.62. The molecule has 1 aliphatic heterocycles. The third-order valence-electron chi connectivity index (χ3n) is 15.9. The van der Waals surface area contributed by atoms with Crippen LogP contribution in [0.1, 0.15) is 115 Å². The molecule has 0 spiro atoms. The Morgan fingerprint density at radius 1 is 0.922 bits per heavy atom. The molecule has 9 atom stereocenters. The molecule has 5 fully saturated rings. The highest BCUT2D eigenvalue weighted by molar-refractivity contribution is 5.88. The Labute approximate surface area is 309 Å². The zero-order valence-corrected chi connectivity index (χ0v) is 33.0. The van der Waals surface area contributed by atoms with E-state index in [1.807, 2.05) is 19.1 Å². The van der Waals surface area contributed by atoms with E-state index >= 15 is 0 Å². The third-order valence-corrected chi connectivity index (χ3v) is 15.9. The van der Waals surface area contributed by atoms with Crippen molar-refractivity contribution in [1.29, 1.82) is 0 Å². The first kappa shape index (κ1) is 38.1. The molecule has 51 heavy (non-hydrogen) atoms. The highest BCUT2D eigenvalue weighted by Crippen LogP contribution is 2.75. The topological polar surface area (TPSA) is 76.1 Å². The molecule has 4 saturated carbocycles. The van der Waals surface area contributed by atoms with Crippen molar-refractivity contribution in [3.05, 3.63) is 54.1 Å². The van der Waals surface area contributed by atoms with Gasteiger partial charge in [-0.05, 0) is 148 Å². The Balaban J connectivity index is 0.00000144. The largest absolute Gasteiger partial charge is 0.478 e. The number of aromatic carboxylic acids is 1. The summed E-state index contributed by atoms with van der Waals surface area (Å²) in [5.74, 6) is 2.22. The summed E-state index contributed by atoms with van der Waals surface area (Å²) in [7, 11) is 4.26. The number of carboxylic acids is 1. The van der Waals surface area contributed by atoms with Gasteiger partial charge in [-0.15, -0.1) is 6.58 Å². The fourth-order valence-corrected chi connectivity index (χ4v) is 13.0. The van der Waals surface area contributed by atoms with Crippen LogP contribution in [-0.4, -0.2) is 90.7 Å². The first-order chi connectivity index (χ1) is 24.2. The van der Waals surface area contributed by atoms with Gasteiger partial charge in [0.2, 0.25) is 0 Å². The number of carbonyl (C=O) groups is 2. The average molecular weight is 701 g/mol. The molecule has 1 saturated heterocycles. The van der Waals surface area contributed by atoms with E-state index in [1.54, 1.807) is 18.2 Å². The lowest BCUT2D eigenvalue weighted by Gasteiger charge is -2.71. The van der Waals surface area contributed by atoms with Gasteiger partial charge < -0.3 is 20.2 Å². The fraction of sp³-hybridized carbons (Fsp3) is 0.727. The van der Waals surface area contributed by atoms with E-state index in [-0.39, 0.29) is 17.0 Å². The number of hydrogen-bond donors (Lipinski definition) is 2. The molecule has 2 N–H and O–H groups in total. The van der Waals surface area contributed by atoms with E-state index in [0.29, 0.717) is 46.0 Å². The summed E-state index contributed by atoms with van der Waals surface area (Å²) in [6.45, 7) is 21.5. The van der Waals surface area contributed by atoms with Crippen LogP contribution < -0.4 is 5.32 Å². The molecule has 7 heteroatoms. The quantitative estimate of drug-likeness (QED) is 0.291. The molecule has 6 aliphatic rings. The summed E-state index contributed by atoms with van der Waals surface area (Å²) in [6.07, 6.45) is 16.6. The molecule has 282 valence electrons. The summed E-state index contributed by atoms with van der Waals surface area (Å²) in [5, 5.41) is 13.2. The molecule has 1 aromatic rings. The van der Waals surface area contributed by atoms with Gasteiger partial charge in [-0.3, -0.25) is 4.90 Å². The molecule has 2 amide bonds. The molecule has 7 nitrogen and oxygen atoms in total. The summed E-state index contributed by atoms with van der Waals surface area (Å²) >= 11 is 0. The van der Waals surface area contributed by atoms with Crippen LogP contribution in [0.25, 0.3) is 5.57 Å². The lowest BCUT2D eigenvalue weighted by Crippen LogP contribution is -2.68. The van der Waals surface area contributed by atoms with Gasteiger partial charge in [-0.2, -0.15) is 0 Å². The lowest BCUT2D eigenvalue weighted by molar-refractivity contribution is -0.210. The standard InChI is InChI=1S/C41H62N4O3.C3H6/c1-28-31(29-9-11-30(12-10-29)36(46)47)15-18-38(2)32(28)16-19-40(4)35(38)14-13-33-34-8-7-17-41(34,21-20-39(33,40)3)42-37(48)45-26-24-44(25-27-45)23-22-43(5)6;1-3-2/h9-12,15,28,32-35H,7-8,13-14,16-27H2,1-6H3,(H,42,48)(H,46,47);3H,1H2,2H3/t28?,32?,33?,34?,35?,38?,39-,40?,41?;/m1./s1. The second-order valence-corrected chi connectivity index (χ2v) is 18.4. The summed E-state index contributed by atoms with van der Waals surface area (Å²) in [5.41, 5.74) is 3.81. The predicted octanol–water partition coefficient (Wildman–Crippen LogP) is 8.68. The van der Waals surface area contributed by atoms with Crippen molar-refractivity contribution in [3.8, 4) is 0 Å². The minimum Gasteiger partial charge on any atom is -0.478 e. The number of rotatable bonds is 6. The maximum atomic E-state index is 13.9. The number of benzene rings is 1. The zero-order chi connectivity index (χ0) is 36.8. The predicted molar refractivity (Wildman–Crippen MR) is 209 cm³/mol. The first-order valence-electron chi connectivity index (χ1n) is 20.3. The van der Waals surface area contributed by atoms with Crippen LogP contribution in [0.4, 0.5) is 4.79 Å². The molecule has 8 unspecified atom stereocenters. The van der Waals surface area contributed by atoms with Crippen LogP contribution in [-0.2, 0) is 0 Å². The monoisotopic (exact) mass is 701 g/mol. The van der Waals surface area contributed by atoms with Crippen LogP contribution in [0, 0.1) is 45.8 Å². The van der Waals surface area contributed by atoms with Crippen LogP contribution in [0.15, 0.2) is 43.0 Å². The van der Waals surface area contributed by atoms with Gasteiger partial charge in [-0.1, -0.05) is 58.4 Å². The van der Waals surface area contributed by atoms with E-state index in [1.165, 1.54) is 56.1 Å². The zero-order valence-electron chi connectivity index (χ0n) is 33.0. The minimum absolute atomic E-state index is 0.0270. The number of likely N-dealkylation sites (N-methyl/N-ethyl adjacent to an activating group) is 1. The van der Waals surface area contributed by atoms with Crippen LogP contribution in [0.3, 0.4) is 0 Å². The van der Waals surface area contributed by atoms with E-state index in [9.17, 15) is 14.7 Å². The number of nitrogens with zero attached hydrogens (tertiary/aromatic N) is 3. The number of fused-ring (bicyclic) bond motifs is 7. The minimum atomic E-state index is -0.861. The second kappa shape index (κ2) is 14.6. The van der Waals surface area contributed by atoms with Crippen molar-refractivity contribution >= 4 is 17.6 Å². The van der Waals surface area contributed by atoms with Crippen LogP contribution in [0.2, 0.25) is 0 Å². The smallest absolute Gasteiger partial charge is 0.335 e. The van der Waals surface area contributed by atoms with Gasteiger partial charge >= 0.3 is 12.0 Å². The van der Waals surface area contributed by atoms with Crippen molar-refractivity contribution in [2.24, 2.45) is 45.8 Å². The van der Waals surface area contributed by atoms with Crippen molar-refractivity contribution < 1.29 is 14.7 Å². The highest BCUT2D eigenvalue weighted by Gasteiger charge is 2.68. The summed E-state index contributed by atoms with van der Waals surface area (Å²) in [4.78, 5) is 32.2. The number of amides is 2. The van der Waals surface area contributed by atoms with Gasteiger partial charge in [0.1, 0.15) is 0 Å². The van der Waals surface area contributed by atoms with Crippen molar-refractivity contribution in [2.75, 3.05) is 53.4 Å². The highest BCUT2D eigenvalue weighted by atomic mass is 16.4. The summed E-state index contributed by atoms with van der Waals surface area (Å²) in [6, 6.07) is 7.77. The number of piperazine rings is 1. The van der Waals surface area contributed by atoms with E-state index in [4.69, 9.17) is 0 Å². The van der Waals surface area contributed by atoms with Gasteiger partial charge in [0.05, 0.1) is 5.56 Å². The molecule has 1 aromatic carbocycles. The van der Waals surface area contributed by atoms with Gasteiger partial charge in [0.25, 0.3) is 0 Å². The fourth-order valence-electron chi connectivity index (χ4n) is 13.0. The second-order valence-electron chi connectivity index (χ2n) is 18.4. The number of carbonyl (C=O) groups excluding carboxylic acids is 1. The molecule has 1 heterocycles. The van der Waals surface area contributed by atoms with Gasteiger partial charge in [0, 0.05) is 44.8 Å². The number of allylic oxidation sites excluding steroid dienone is 3. The lowest BCUT2D eigenvalue weighted by atomic mass is 9.34. The Hall–Kier alpha value is -2.64. The molecule has 5 aliphatic carbocycles. The van der Waals surface area contributed by atoms with Crippen molar-refractivity contribution in [1.82, 2.24) is 20.0 Å². The normalized spacial score (nSPS) is 38.9. The average Bonchev–Trinajstić information content (AvgIpc) is 3.52. The Bertz CT molecular complexity index is 1460. The molecular weight excluding hydrogens is 633 g/mol. The van der Waals surface area contributed by atoms with E-state index in [2.05, 4.69) is 74.5 Å². The molecule has 0 aromatic heterocycles. The van der Waals surface area contributed by atoms with Crippen LogP contribution in [0.5, 0.6) is 0 Å². The number of hydrogen-bond acceptors (Lipinski definition) is 4. The van der Waals surface area contributed by atoms with E-state index < -0.39 is 5.97 Å². The van der Waals surface area contributed by atoms with E-state index in [0.717, 1.165) is 58.5 Å². The first-order valence-corrected chi connectivity index (χ1v) is 20.3. The number of urea groups is 1. The maximum Gasteiger partial charge on any atom is 0.335 e. The van der Waals surface area contributed by atoms with Gasteiger partial charge in [0.15, 0.2) is 0 Å². The Morgan fingerprint density at radius 3 is 2.25 bits per heavy atom. The van der Waals surface area contributed by atoms with Crippen molar-refractivity contribution in [3.63, 3.8) is 0 Å². The summed E-state index contributed by atoms with van der Waals surface area (Å²) < 4.78 is 0. The Morgan fingerprint density at radius 2 is 1.61 bits per heavy atom. The van der Waals surface area contributed by atoms with Crippen molar-refractivity contribution in [2.45, 2.75) is 104 Å². The number of nitrogens with one attached hydrogen (secondary N) is 1. The SMILES string of the molecule is C=CC.CC1C(c2ccc(C(=O)O)cc2)=CCC2(C)C1CCC1(C)C2CCC2C3CCCC3(NC(=O)N3CCN(CCN(C)C)CC3)CC[C@]21C. The molecule has 0 radical (unpaired) electrons. The molecule has 7 rings (SSSR count). The van der Waals surface area contributed by atoms with Crippen LogP contribution >= 0.6 is 0 Å². The number of carboxylic acid groups (broad SMARTS) is 1. The van der Waals surface area contributed by atoms with Gasteiger partial charge in [-0.25, -0.2) is 9.59 Å². The Kier molecular flexibility index (Phi) is 10.9. The molecular formula is C44H68N4O3.